The Hall–Kier alpha value is 0.580. The molecule has 2 heteroatoms. The normalized spacial score (nSPS) is 19.0. The molecule has 15 heavy (non-hydrogen) atoms. The lowest BCUT2D eigenvalue weighted by molar-refractivity contribution is 0.195. The topological polar surface area (TPSA) is 0 Å². The van der Waals surface area contributed by atoms with Crippen LogP contribution in [-0.2, 0) is 0 Å². The SMILES string of the molecule is CC(C)CCC(CCl)(CCl)C1CCCC1. The molecule has 0 radical (unpaired) electrons. The van der Waals surface area contributed by atoms with Gasteiger partial charge in [-0.15, -0.1) is 23.2 Å². The van der Waals surface area contributed by atoms with Crippen molar-refractivity contribution in [3.63, 3.8) is 0 Å². The molecule has 0 amide bonds. The number of hydrogen-bond donors (Lipinski definition) is 0. The largest absolute Gasteiger partial charge is 0.126 e. The maximum Gasteiger partial charge on any atom is 0.0294 e. The van der Waals surface area contributed by atoms with Crippen molar-refractivity contribution in [1.29, 1.82) is 0 Å². The van der Waals surface area contributed by atoms with Crippen LogP contribution in [0.2, 0.25) is 0 Å². The van der Waals surface area contributed by atoms with E-state index in [1.807, 2.05) is 0 Å². The summed E-state index contributed by atoms with van der Waals surface area (Å²) in [6, 6.07) is 0. The Morgan fingerprint density at radius 1 is 1.13 bits per heavy atom. The molecular weight excluding hydrogens is 227 g/mol. The Balaban J connectivity index is 2.58. The van der Waals surface area contributed by atoms with Gasteiger partial charge in [-0.2, -0.15) is 0 Å². The van der Waals surface area contributed by atoms with Crippen molar-refractivity contribution in [1.82, 2.24) is 0 Å². The zero-order valence-corrected chi connectivity index (χ0v) is 11.6. The van der Waals surface area contributed by atoms with Crippen molar-refractivity contribution in [3.05, 3.63) is 0 Å². The summed E-state index contributed by atoms with van der Waals surface area (Å²) in [4.78, 5) is 0. The third-order valence-corrected chi connectivity index (χ3v) is 5.04. The summed E-state index contributed by atoms with van der Waals surface area (Å²) in [5.74, 6) is 3.03. The van der Waals surface area contributed by atoms with Crippen LogP contribution in [0.3, 0.4) is 0 Å². The van der Waals surface area contributed by atoms with Crippen LogP contribution in [0.4, 0.5) is 0 Å². The highest BCUT2D eigenvalue weighted by molar-refractivity contribution is 6.21. The molecule has 0 N–H and O–H groups in total. The fourth-order valence-corrected chi connectivity index (χ4v) is 3.70. The fourth-order valence-electron chi connectivity index (χ4n) is 2.71. The molecule has 1 saturated carbocycles. The van der Waals surface area contributed by atoms with Gasteiger partial charge in [0.25, 0.3) is 0 Å². The Morgan fingerprint density at radius 3 is 2.07 bits per heavy atom. The van der Waals surface area contributed by atoms with Gasteiger partial charge < -0.3 is 0 Å². The average molecular weight is 251 g/mol. The van der Waals surface area contributed by atoms with Gasteiger partial charge in [-0.05, 0) is 31.1 Å². The summed E-state index contributed by atoms with van der Waals surface area (Å²) in [7, 11) is 0. The van der Waals surface area contributed by atoms with Crippen LogP contribution in [0, 0.1) is 17.3 Å². The van der Waals surface area contributed by atoms with Crippen LogP contribution in [0.25, 0.3) is 0 Å². The second-order valence-corrected chi connectivity index (χ2v) is 6.08. The molecule has 0 aromatic carbocycles. The zero-order valence-electron chi connectivity index (χ0n) is 10.1. The summed E-state index contributed by atoms with van der Waals surface area (Å²) >= 11 is 12.4. The zero-order chi connectivity index (χ0) is 11.3. The fraction of sp³-hybridized carbons (Fsp3) is 1.00. The molecule has 0 nitrogen and oxygen atoms in total. The molecule has 0 atom stereocenters. The Bertz CT molecular complexity index is 167. The number of hydrogen-bond acceptors (Lipinski definition) is 0. The van der Waals surface area contributed by atoms with Gasteiger partial charge in [0.1, 0.15) is 0 Å². The maximum absolute atomic E-state index is 6.20. The number of halogens is 2. The summed E-state index contributed by atoms with van der Waals surface area (Å²) in [5, 5.41) is 0. The van der Waals surface area contributed by atoms with Crippen LogP contribution in [0.15, 0.2) is 0 Å². The van der Waals surface area contributed by atoms with Crippen LogP contribution in [0.1, 0.15) is 52.4 Å². The number of alkyl halides is 2. The van der Waals surface area contributed by atoms with Gasteiger partial charge >= 0.3 is 0 Å². The van der Waals surface area contributed by atoms with Crippen LogP contribution in [0.5, 0.6) is 0 Å². The first-order valence-electron chi connectivity index (χ1n) is 6.26. The summed E-state index contributed by atoms with van der Waals surface area (Å²) in [5.41, 5.74) is 0.226. The van der Waals surface area contributed by atoms with Crippen molar-refractivity contribution in [3.8, 4) is 0 Å². The monoisotopic (exact) mass is 250 g/mol. The molecule has 0 spiro atoms. The van der Waals surface area contributed by atoms with E-state index in [2.05, 4.69) is 13.8 Å². The first-order chi connectivity index (χ1) is 7.14. The minimum Gasteiger partial charge on any atom is -0.126 e. The van der Waals surface area contributed by atoms with Gasteiger partial charge in [-0.1, -0.05) is 33.1 Å². The van der Waals surface area contributed by atoms with E-state index in [0.717, 1.165) is 23.6 Å². The predicted molar refractivity (Wildman–Crippen MR) is 69.9 cm³/mol. The smallest absolute Gasteiger partial charge is 0.0294 e. The van der Waals surface area contributed by atoms with E-state index in [0.29, 0.717) is 0 Å². The Kier molecular flexibility index (Phi) is 5.77. The Morgan fingerprint density at radius 2 is 1.67 bits per heavy atom. The van der Waals surface area contributed by atoms with Gasteiger partial charge in [0.2, 0.25) is 0 Å². The average Bonchev–Trinajstić information content (AvgIpc) is 2.74. The third-order valence-electron chi connectivity index (χ3n) is 3.97. The lowest BCUT2D eigenvalue weighted by atomic mass is 9.73. The second-order valence-electron chi connectivity index (χ2n) is 5.54. The molecule has 0 bridgehead atoms. The van der Waals surface area contributed by atoms with Gasteiger partial charge in [0.15, 0.2) is 0 Å². The molecule has 1 aliphatic carbocycles. The van der Waals surface area contributed by atoms with E-state index in [-0.39, 0.29) is 5.41 Å². The van der Waals surface area contributed by atoms with Crippen molar-refractivity contribution < 1.29 is 0 Å². The van der Waals surface area contributed by atoms with Crippen LogP contribution in [-0.4, -0.2) is 11.8 Å². The first kappa shape index (κ1) is 13.6. The molecule has 0 aliphatic heterocycles. The summed E-state index contributed by atoms with van der Waals surface area (Å²) in [6.07, 6.45) is 7.91. The standard InChI is InChI=1S/C13H24Cl2/c1-11(2)7-8-13(9-14,10-15)12-5-3-4-6-12/h11-12H,3-10H2,1-2H3. The number of rotatable bonds is 6. The van der Waals surface area contributed by atoms with E-state index < -0.39 is 0 Å². The second kappa shape index (κ2) is 6.35. The van der Waals surface area contributed by atoms with Crippen molar-refractivity contribution in [2.24, 2.45) is 17.3 Å². The highest BCUT2D eigenvalue weighted by Crippen LogP contribution is 2.45. The molecule has 0 heterocycles. The lowest BCUT2D eigenvalue weighted by Crippen LogP contribution is -2.33. The predicted octanol–water partition coefficient (Wildman–Crippen LogP) is 5.08. The summed E-state index contributed by atoms with van der Waals surface area (Å²) < 4.78 is 0. The van der Waals surface area contributed by atoms with Crippen LogP contribution >= 0.6 is 23.2 Å². The molecule has 0 saturated heterocycles. The third kappa shape index (κ3) is 3.53. The first-order valence-corrected chi connectivity index (χ1v) is 7.33. The molecule has 1 rings (SSSR count). The van der Waals surface area contributed by atoms with E-state index in [9.17, 15) is 0 Å². The van der Waals surface area contributed by atoms with E-state index in [4.69, 9.17) is 23.2 Å². The molecule has 0 aromatic heterocycles. The van der Waals surface area contributed by atoms with Gasteiger partial charge in [0, 0.05) is 17.2 Å². The van der Waals surface area contributed by atoms with E-state index >= 15 is 0 Å². The quantitative estimate of drug-likeness (QED) is 0.578. The van der Waals surface area contributed by atoms with Crippen molar-refractivity contribution in [2.75, 3.05) is 11.8 Å². The van der Waals surface area contributed by atoms with Gasteiger partial charge in [-0.25, -0.2) is 0 Å². The molecule has 0 unspecified atom stereocenters. The minimum absolute atomic E-state index is 0.226. The van der Waals surface area contributed by atoms with Crippen LogP contribution < -0.4 is 0 Å². The molecule has 0 aromatic rings. The van der Waals surface area contributed by atoms with E-state index in [1.54, 1.807) is 0 Å². The van der Waals surface area contributed by atoms with E-state index in [1.165, 1.54) is 38.5 Å². The molecule has 90 valence electrons. The van der Waals surface area contributed by atoms with Crippen molar-refractivity contribution in [2.45, 2.75) is 52.4 Å². The molecular formula is C13H24Cl2. The maximum atomic E-state index is 6.20. The minimum atomic E-state index is 0.226. The highest BCUT2D eigenvalue weighted by atomic mass is 35.5. The van der Waals surface area contributed by atoms with Crippen molar-refractivity contribution >= 4 is 23.2 Å². The Labute approximate surface area is 105 Å². The summed E-state index contributed by atoms with van der Waals surface area (Å²) in [6.45, 7) is 4.56. The van der Waals surface area contributed by atoms with Gasteiger partial charge in [-0.3, -0.25) is 0 Å². The molecule has 1 fully saturated rings. The molecule has 1 aliphatic rings. The lowest BCUT2D eigenvalue weighted by Gasteiger charge is -2.36. The van der Waals surface area contributed by atoms with Gasteiger partial charge in [0.05, 0.1) is 0 Å². The highest BCUT2D eigenvalue weighted by Gasteiger charge is 2.38.